The fourth-order valence-corrected chi connectivity index (χ4v) is 1.69. The number of hydrogen-bond acceptors (Lipinski definition) is 3. The Morgan fingerprint density at radius 1 is 1.75 bits per heavy atom. The first-order valence-electron chi connectivity index (χ1n) is 4.34. The lowest BCUT2D eigenvalue weighted by Gasteiger charge is -2.10. The quantitative estimate of drug-likeness (QED) is 0.667. The van der Waals surface area contributed by atoms with Crippen molar-refractivity contribution in [3.63, 3.8) is 0 Å². The molecule has 0 bridgehead atoms. The van der Waals surface area contributed by atoms with Crippen LogP contribution < -0.4 is 0 Å². The van der Waals surface area contributed by atoms with Gasteiger partial charge in [-0.2, -0.15) is 11.8 Å². The average Bonchev–Trinajstić information content (AvgIpc) is 2.56. The minimum absolute atomic E-state index is 0.361. The van der Waals surface area contributed by atoms with Gasteiger partial charge in [0.2, 0.25) is 0 Å². The number of thioether (sulfide) groups is 1. The highest BCUT2D eigenvalue weighted by atomic mass is 32.2. The van der Waals surface area contributed by atoms with Crippen LogP contribution in [0.25, 0.3) is 0 Å². The highest BCUT2D eigenvalue weighted by Crippen LogP contribution is 2.17. The summed E-state index contributed by atoms with van der Waals surface area (Å²) in [5.74, 6) is 1.90. The molecule has 0 amide bonds. The van der Waals surface area contributed by atoms with Crippen LogP contribution in [0, 0.1) is 0 Å². The Labute approximate surface area is 78.0 Å². The Bertz CT molecular complexity index is 157. The molecular formula is C9H16O2S. The number of aliphatic hydroxyl groups excluding tert-OH is 1. The lowest BCUT2D eigenvalue weighted by Crippen LogP contribution is -2.10. The van der Waals surface area contributed by atoms with Crippen molar-refractivity contribution >= 4 is 11.8 Å². The van der Waals surface area contributed by atoms with Crippen molar-refractivity contribution in [2.24, 2.45) is 0 Å². The van der Waals surface area contributed by atoms with Crippen LogP contribution in [0.3, 0.4) is 0 Å². The summed E-state index contributed by atoms with van der Waals surface area (Å²) in [6.45, 7) is 0.745. The van der Waals surface area contributed by atoms with E-state index in [1.165, 1.54) is 0 Å². The monoisotopic (exact) mass is 188 g/mol. The van der Waals surface area contributed by atoms with Gasteiger partial charge in [-0.15, -0.1) is 0 Å². The molecule has 0 aromatic rings. The summed E-state index contributed by atoms with van der Waals surface area (Å²) in [7, 11) is 0. The number of aliphatic hydroxyl groups is 1. The second kappa shape index (κ2) is 5.49. The third-order valence-corrected chi connectivity index (χ3v) is 2.58. The molecule has 0 fully saturated rings. The van der Waals surface area contributed by atoms with Gasteiger partial charge in [0, 0.05) is 6.42 Å². The van der Waals surface area contributed by atoms with Gasteiger partial charge in [0.1, 0.15) is 11.9 Å². The zero-order valence-corrected chi connectivity index (χ0v) is 8.27. The summed E-state index contributed by atoms with van der Waals surface area (Å²) >= 11 is 1.81. The Morgan fingerprint density at radius 3 is 3.17 bits per heavy atom. The number of rotatable bonds is 5. The van der Waals surface area contributed by atoms with Crippen LogP contribution in [-0.2, 0) is 4.74 Å². The maximum absolute atomic E-state index is 9.57. The molecule has 0 aliphatic carbocycles. The van der Waals surface area contributed by atoms with Crippen LogP contribution in [0.5, 0.6) is 0 Å². The van der Waals surface area contributed by atoms with Gasteiger partial charge in [-0.25, -0.2) is 0 Å². The minimum atomic E-state index is -0.361. The highest BCUT2D eigenvalue weighted by Gasteiger charge is 2.14. The van der Waals surface area contributed by atoms with E-state index in [0.717, 1.165) is 37.4 Å². The van der Waals surface area contributed by atoms with Gasteiger partial charge < -0.3 is 9.84 Å². The van der Waals surface area contributed by atoms with Gasteiger partial charge in [0.15, 0.2) is 0 Å². The van der Waals surface area contributed by atoms with Crippen molar-refractivity contribution in [2.45, 2.75) is 25.4 Å². The predicted molar refractivity (Wildman–Crippen MR) is 52.3 cm³/mol. The van der Waals surface area contributed by atoms with E-state index in [0.29, 0.717) is 0 Å². The van der Waals surface area contributed by atoms with Crippen molar-refractivity contribution in [1.29, 1.82) is 0 Å². The van der Waals surface area contributed by atoms with Crippen LogP contribution >= 0.6 is 11.8 Å². The second-order valence-corrected chi connectivity index (χ2v) is 3.88. The lowest BCUT2D eigenvalue weighted by molar-refractivity contribution is 0.111. The maximum atomic E-state index is 9.57. The predicted octanol–water partition coefficient (Wildman–Crippen LogP) is 1.79. The fourth-order valence-electron chi connectivity index (χ4n) is 1.23. The standard InChI is InChI=1S/C9H16O2S/c1-12-7-3-4-8(10)9-5-2-6-11-9/h5,8,10H,2-4,6-7H2,1H3. The molecule has 1 aliphatic heterocycles. The van der Waals surface area contributed by atoms with Gasteiger partial charge in [-0.05, 0) is 30.9 Å². The molecule has 0 saturated heterocycles. The molecule has 70 valence electrons. The molecule has 12 heavy (non-hydrogen) atoms. The van der Waals surface area contributed by atoms with Crippen LogP contribution in [0.2, 0.25) is 0 Å². The molecule has 1 N–H and O–H groups in total. The van der Waals surface area contributed by atoms with Gasteiger partial charge in [-0.1, -0.05) is 0 Å². The zero-order chi connectivity index (χ0) is 8.81. The maximum Gasteiger partial charge on any atom is 0.121 e. The molecule has 1 unspecified atom stereocenters. The molecule has 3 heteroatoms. The van der Waals surface area contributed by atoms with E-state index in [1.807, 2.05) is 17.8 Å². The molecule has 0 radical (unpaired) electrons. The largest absolute Gasteiger partial charge is 0.495 e. The van der Waals surface area contributed by atoms with Crippen molar-refractivity contribution in [3.8, 4) is 0 Å². The number of hydrogen-bond donors (Lipinski definition) is 1. The molecule has 0 aromatic heterocycles. The van der Waals surface area contributed by atoms with E-state index in [-0.39, 0.29) is 6.10 Å². The summed E-state index contributed by atoms with van der Waals surface area (Å²) in [5.41, 5.74) is 0. The molecule has 1 rings (SSSR count). The first-order chi connectivity index (χ1) is 5.84. The van der Waals surface area contributed by atoms with Crippen LogP contribution in [0.15, 0.2) is 11.8 Å². The second-order valence-electron chi connectivity index (χ2n) is 2.89. The summed E-state index contributed by atoms with van der Waals surface area (Å²) < 4.78 is 5.25. The molecule has 0 aromatic carbocycles. The third kappa shape index (κ3) is 3.07. The van der Waals surface area contributed by atoms with E-state index < -0.39 is 0 Å². The summed E-state index contributed by atoms with van der Waals surface area (Å²) in [6.07, 6.45) is 6.55. The first-order valence-corrected chi connectivity index (χ1v) is 5.74. The van der Waals surface area contributed by atoms with E-state index in [2.05, 4.69) is 6.26 Å². The fraction of sp³-hybridized carbons (Fsp3) is 0.778. The Morgan fingerprint density at radius 2 is 2.58 bits per heavy atom. The zero-order valence-electron chi connectivity index (χ0n) is 7.45. The molecule has 0 spiro atoms. The smallest absolute Gasteiger partial charge is 0.121 e. The molecule has 1 aliphatic rings. The molecule has 0 saturated carbocycles. The van der Waals surface area contributed by atoms with Gasteiger partial charge in [0.05, 0.1) is 6.61 Å². The lowest BCUT2D eigenvalue weighted by atomic mass is 10.2. The number of ether oxygens (including phenoxy) is 1. The van der Waals surface area contributed by atoms with Crippen LogP contribution in [0.1, 0.15) is 19.3 Å². The van der Waals surface area contributed by atoms with Crippen molar-refractivity contribution in [1.82, 2.24) is 0 Å². The summed E-state index contributed by atoms with van der Waals surface area (Å²) in [5, 5.41) is 9.57. The summed E-state index contributed by atoms with van der Waals surface area (Å²) in [4.78, 5) is 0. The van der Waals surface area contributed by atoms with Crippen molar-refractivity contribution in [3.05, 3.63) is 11.8 Å². The van der Waals surface area contributed by atoms with Gasteiger partial charge >= 0.3 is 0 Å². The van der Waals surface area contributed by atoms with Crippen LogP contribution in [-0.4, -0.2) is 29.8 Å². The SMILES string of the molecule is CSCCCC(O)C1=CCCO1. The summed E-state index contributed by atoms with van der Waals surface area (Å²) in [6, 6.07) is 0. The molecular weight excluding hydrogens is 172 g/mol. The molecule has 2 nitrogen and oxygen atoms in total. The normalized spacial score (nSPS) is 18.7. The Kier molecular flexibility index (Phi) is 4.54. The average molecular weight is 188 g/mol. The van der Waals surface area contributed by atoms with Gasteiger partial charge in [0.25, 0.3) is 0 Å². The van der Waals surface area contributed by atoms with Crippen molar-refractivity contribution < 1.29 is 9.84 Å². The van der Waals surface area contributed by atoms with Crippen molar-refractivity contribution in [2.75, 3.05) is 18.6 Å². The van der Waals surface area contributed by atoms with E-state index in [4.69, 9.17) is 4.74 Å². The third-order valence-electron chi connectivity index (χ3n) is 1.89. The highest BCUT2D eigenvalue weighted by molar-refractivity contribution is 7.98. The Balaban J connectivity index is 2.14. The Hall–Kier alpha value is -0.150. The molecule has 1 heterocycles. The van der Waals surface area contributed by atoms with Gasteiger partial charge in [-0.3, -0.25) is 0 Å². The minimum Gasteiger partial charge on any atom is -0.495 e. The topological polar surface area (TPSA) is 29.5 Å². The molecule has 1 atom stereocenters. The van der Waals surface area contributed by atoms with E-state index in [1.54, 1.807) is 0 Å². The van der Waals surface area contributed by atoms with E-state index >= 15 is 0 Å². The first kappa shape index (κ1) is 9.93. The van der Waals surface area contributed by atoms with E-state index in [9.17, 15) is 5.11 Å². The van der Waals surface area contributed by atoms with Crippen LogP contribution in [0.4, 0.5) is 0 Å².